The summed E-state index contributed by atoms with van der Waals surface area (Å²) >= 11 is 0. The molecule has 4 rings (SSSR count). The quantitative estimate of drug-likeness (QED) is 0.479. The second-order valence-corrected chi connectivity index (χ2v) is 7.40. The number of benzene rings is 1. The monoisotopic (exact) mass is 456 g/mol. The largest absolute Gasteiger partial charge is 0.506 e. The number of ether oxygens (including phenoxy) is 1. The van der Waals surface area contributed by atoms with Crippen molar-refractivity contribution in [3.05, 3.63) is 76.5 Å². The van der Waals surface area contributed by atoms with Crippen LogP contribution in [0.2, 0.25) is 0 Å². The molecular formula is C23H19F3N4O3. The van der Waals surface area contributed by atoms with Gasteiger partial charge in [0.15, 0.2) is 11.5 Å². The maximum atomic E-state index is 13.7. The highest BCUT2D eigenvalue weighted by Gasteiger charge is 2.37. The van der Waals surface area contributed by atoms with Crippen molar-refractivity contribution in [2.75, 3.05) is 7.11 Å². The van der Waals surface area contributed by atoms with E-state index in [1.807, 2.05) is 0 Å². The summed E-state index contributed by atoms with van der Waals surface area (Å²) in [6.07, 6.45) is -2.26. The molecule has 0 amide bonds. The molecule has 0 aliphatic rings. The van der Waals surface area contributed by atoms with Crippen LogP contribution in [0.3, 0.4) is 0 Å². The Labute approximate surface area is 186 Å². The van der Waals surface area contributed by atoms with E-state index in [0.29, 0.717) is 5.75 Å². The number of rotatable bonds is 5. The van der Waals surface area contributed by atoms with Gasteiger partial charge in [-0.1, -0.05) is 18.2 Å². The van der Waals surface area contributed by atoms with E-state index in [1.54, 1.807) is 31.2 Å². The van der Waals surface area contributed by atoms with Gasteiger partial charge in [-0.05, 0) is 43.2 Å². The maximum absolute atomic E-state index is 13.7. The Kier molecular flexibility index (Phi) is 5.75. The highest BCUT2D eigenvalue weighted by atomic mass is 19.4. The van der Waals surface area contributed by atoms with Gasteiger partial charge in [0.2, 0.25) is 0 Å². The molecule has 0 spiro atoms. The summed E-state index contributed by atoms with van der Waals surface area (Å²) in [4.78, 5) is 25.4. The molecule has 0 aliphatic heterocycles. The Morgan fingerprint density at radius 1 is 1.09 bits per heavy atom. The topological polar surface area (TPSA) is 90.1 Å². The fourth-order valence-electron chi connectivity index (χ4n) is 3.78. The first-order chi connectivity index (χ1) is 15.7. The number of aromatic nitrogens is 4. The standard InChI is InChI=1S/C23H19F3N4O3/c1-13(12-14-6-3-4-8-17(14)33-2)30-21(19-16(31)7-5-10-27-19)29-15-9-11-28-20(23(24,25)26)18(15)22(30)32/h3-11,13,31H,12H2,1-2H3. The lowest BCUT2D eigenvalue weighted by Gasteiger charge is -2.21. The molecule has 170 valence electrons. The van der Waals surface area contributed by atoms with Gasteiger partial charge in [-0.25, -0.2) is 9.97 Å². The first-order valence-corrected chi connectivity index (χ1v) is 9.97. The summed E-state index contributed by atoms with van der Waals surface area (Å²) in [6, 6.07) is 10.6. The zero-order valence-corrected chi connectivity index (χ0v) is 17.7. The van der Waals surface area contributed by atoms with Gasteiger partial charge in [-0.2, -0.15) is 13.2 Å². The Bertz CT molecular complexity index is 1390. The molecule has 4 aromatic rings. The molecular weight excluding hydrogens is 437 g/mol. The van der Waals surface area contributed by atoms with E-state index in [4.69, 9.17) is 4.74 Å². The van der Waals surface area contributed by atoms with Crippen molar-refractivity contribution in [3.63, 3.8) is 0 Å². The minimum Gasteiger partial charge on any atom is -0.506 e. The normalized spacial score (nSPS) is 12.6. The van der Waals surface area contributed by atoms with Crippen molar-refractivity contribution in [1.82, 2.24) is 19.5 Å². The third-order valence-electron chi connectivity index (χ3n) is 5.23. The van der Waals surface area contributed by atoms with Crippen molar-refractivity contribution in [1.29, 1.82) is 0 Å². The number of pyridine rings is 2. The van der Waals surface area contributed by atoms with Gasteiger partial charge in [-0.3, -0.25) is 14.3 Å². The van der Waals surface area contributed by atoms with Crippen molar-refractivity contribution >= 4 is 10.9 Å². The lowest BCUT2D eigenvalue weighted by molar-refractivity contribution is -0.139. The van der Waals surface area contributed by atoms with E-state index < -0.39 is 28.9 Å². The summed E-state index contributed by atoms with van der Waals surface area (Å²) in [7, 11) is 1.51. The van der Waals surface area contributed by atoms with Crippen LogP contribution in [-0.4, -0.2) is 31.7 Å². The van der Waals surface area contributed by atoms with Crippen molar-refractivity contribution in [2.24, 2.45) is 0 Å². The van der Waals surface area contributed by atoms with Gasteiger partial charge in [0, 0.05) is 18.4 Å². The van der Waals surface area contributed by atoms with Crippen LogP contribution in [0.1, 0.15) is 24.2 Å². The molecule has 3 heterocycles. The van der Waals surface area contributed by atoms with Crippen LogP contribution in [0.5, 0.6) is 11.5 Å². The van der Waals surface area contributed by atoms with E-state index in [2.05, 4.69) is 15.0 Å². The van der Waals surface area contributed by atoms with Crippen LogP contribution in [0.4, 0.5) is 13.2 Å². The number of halogens is 3. The molecule has 0 radical (unpaired) electrons. The molecule has 0 saturated carbocycles. The molecule has 3 aromatic heterocycles. The van der Waals surface area contributed by atoms with E-state index in [-0.39, 0.29) is 29.2 Å². The van der Waals surface area contributed by atoms with E-state index >= 15 is 0 Å². The third kappa shape index (κ3) is 4.11. The summed E-state index contributed by atoms with van der Waals surface area (Å²) in [5, 5.41) is 9.72. The van der Waals surface area contributed by atoms with Gasteiger partial charge < -0.3 is 9.84 Å². The summed E-state index contributed by atoms with van der Waals surface area (Å²) in [6.45, 7) is 1.68. The molecule has 1 aromatic carbocycles. The zero-order valence-electron chi connectivity index (χ0n) is 17.7. The van der Waals surface area contributed by atoms with Crippen LogP contribution in [0.15, 0.2) is 59.7 Å². The van der Waals surface area contributed by atoms with Gasteiger partial charge >= 0.3 is 6.18 Å². The number of hydrogen-bond donors (Lipinski definition) is 1. The Morgan fingerprint density at radius 2 is 1.85 bits per heavy atom. The first-order valence-electron chi connectivity index (χ1n) is 9.97. The molecule has 0 aliphatic carbocycles. The minimum absolute atomic E-state index is 0.0197. The lowest BCUT2D eigenvalue weighted by Crippen LogP contribution is -2.30. The fourth-order valence-corrected chi connectivity index (χ4v) is 3.78. The van der Waals surface area contributed by atoms with Crippen molar-refractivity contribution < 1.29 is 23.0 Å². The second kappa shape index (κ2) is 8.53. The van der Waals surface area contributed by atoms with Crippen LogP contribution in [-0.2, 0) is 12.6 Å². The van der Waals surface area contributed by atoms with Crippen molar-refractivity contribution in [3.8, 4) is 23.0 Å². The van der Waals surface area contributed by atoms with E-state index in [9.17, 15) is 23.1 Å². The number of alkyl halides is 3. The second-order valence-electron chi connectivity index (χ2n) is 7.40. The first kappa shape index (κ1) is 22.3. The van der Waals surface area contributed by atoms with Crippen molar-refractivity contribution in [2.45, 2.75) is 25.6 Å². The molecule has 1 atom stereocenters. The predicted octanol–water partition coefficient (Wildman–Crippen LogP) is 4.39. The molecule has 0 fully saturated rings. The molecule has 1 N–H and O–H groups in total. The number of nitrogens with zero attached hydrogens (tertiary/aromatic N) is 4. The zero-order chi connectivity index (χ0) is 23.8. The van der Waals surface area contributed by atoms with Crippen LogP contribution in [0.25, 0.3) is 22.4 Å². The van der Waals surface area contributed by atoms with Gasteiger partial charge in [0.25, 0.3) is 5.56 Å². The molecule has 1 unspecified atom stereocenters. The highest BCUT2D eigenvalue weighted by molar-refractivity contribution is 5.82. The maximum Gasteiger partial charge on any atom is 0.434 e. The van der Waals surface area contributed by atoms with Gasteiger partial charge in [-0.15, -0.1) is 0 Å². The predicted molar refractivity (Wildman–Crippen MR) is 115 cm³/mol. The number of aromatic hydroxyl groups is 1. The van der Waals surface area contributed by atoms with Crippen LogP contribution in [0, 0.1) is 0 Å². The average molecular weight is 456 g/mol. The number of methoxy groups -OCH3 is 1. The third-order valence-corrected chi connectivity index (χ3v) is 5.23. The van der Waals surface area contributed by atoms with E-state index in [1.165, 1.54) is 31.5 Å². The molecule has 7 nitrogen and oxygen atoms in total. The Hall–Kier alpha value is -3.95. The Balaban J connectivity index is 2.01. The number of hydrogen-bond acceptors (Lipinski definition) is 6. The molecule has 33 heavy (non-hydrogen) atoms. The highest BCUT2D eigenvalue weighted by Crippen LogP contribution is 2.34. The molecule has 10 heteroatoms. The van der Waals surface area contributed by atoms with Gasteiger partial charge in [0.1, 0.15) is 17.2 Å². The lowest BCUT2D eigenvalue weighted by atomic mass is 10.0. The Morgan fingerprint density at radius 3 is 2.55 bits per heavy atom. The van der Waals surface area contributed by atoms with Crippen LogP contribution >= 0.6 is 0 Å². The smallest absolute Gasteiger partial charge is 0.434 e. The number of para-hydroxylation sites is 1. The summed E-state index contributed by atoms with van der Waals surface area (Å²) in [5.41, 5.74) is -1.70. The summed E-state index contributed by atoms with van der Waals surface area (Å²) < 4.78 is 47.5. The van der Waals surface area contributed by atoms with E-state index in [0.717, 1.165) is 16.3 Å². The summed E-state index contributed by atoms with van der Waals surface area (Å²) in [5.74, 6) is 0.269. The number of fused-ring (bicyclic) bond motifs is 1. The molecule has 0 saturated heterocycles. The SMILES string of the molecule is COc1ccccc1CC(C)n1c(-c2ncccc2O)nc2ccnc(C(F)(F)F)c2c1=O. The fraction of sp³-hybridized carbons (Fsp3) is 0.217. The molecule has 0 bridgehead atoms. The minimum atomic E-state index is -4.85. The average Bonchev–Trinajstić information content (AvgIpc) is 2.78. The van der Waals surface area contributed by atoms with Gasteiger partial charge in [0.05, 0.1) is 18.0 Å². The van der Waals surface area contributed by atoms with Crippen LogP contribution < -0.4 is 10.3 Å².